The molecule has 1 N–H and O–H groups in total. The summed E-state index contributed by atoms with van der Waals surface area (Å²) in [6, 6.07) is 14.9. The van der Waals surface area contributed by atoms with Gasteiger partial charge in [0.2, 0.25) is 0 Å². The number of rotatable bonds is 2. The highest BCUT2D eigenvalue weighted by molar-refractivity contribution is 6.04. The lowest BCUT2D eigenvalue weighted by Gasteiger charge is -2.05. The number of anilines is 1. The van der Waals surface area contributed by atoms with Crippen molar-refractivity contribution in [3.05, 3.63) is 72.1 Å². The van der Waals surface area contributed by atoms with Gasteiger partial charge in [-0.05, 0) is 43.7 Å². The van der Waals surface area contributed by atoms with Crippen LogP contribution >= 0.6 is 0 Å². The summed E-state index contributed by atoms with van der Waals surface area (Å²) in [5.74, 6) is -0.103. The van der Waals surface area contributed by atoms with Crippen LogP contribution in [0.3, 0.4) is 0 Å². The maximum absolute atomic E-state index is 11.9. The molecular weight excluding hydrogens is 210 g/mol. The number of carbonyl (C=O) groups excluding carboxylic acids is 1. The summed E-state index contributed by atoms with van der Waals surface area (Å²) in [6.45, 7) is 5.80. The highest BCUT2D eigenvalue weighted by Crippen LogP contribution is 2.11. The van der Waals surface area contributed by atoms with Crippen molar-refractivity contribution in [1.29, 1.82) is 0 Å². The van der Waals surface area contributed by atoms with Gasteiger partial charge in [0, 0.05) is 11.3 Å². The van der Waals surface area contributed by atoms with Gasteiger partial charge < -0.3 is 5.32 Å². The Morgan fingerprint density at radius 2 is 1.59 bits per heavy atom. The van der Waals surface area contributed by atoms with Gasteiger partial charge >= 0.3 is 0 Å². The van der Waals surface area contributed by atoms with Crippen molar-refractivity contribution in [2.45, 2.75) is 6.92 Å². The SMILES string of the molecule is [CH2]c1ccc(C(=O)Nc2ccc(C)cc2)cc1. The van der Waals surface area contributed by atoms with E-state index in [2.05, 4.69) is 12.2 Å². The first-order valence-corrected chi connectivity index (χ1v) is 5.45. The Morgan fingerprint density at radius 1 is 1.00 bits per heavy atom. The van der Waals surface area contributed by atoms with E-state index >= 15 is 0 Å². The smallest absolute Gasteiger partial charge is 0.255 e. The van der Waals surface area contributed by atoms with Gasteiger partial charge in [0.1, 0.15) is 0 Å². The Bertz CT molecular complexity index is 512. The van der Waals surface area contributed by atoms with Gasteiger partial charge in [-0.1, -0.05) is 29.8 Å². The van der Waals surface area contributed by atoms with Crippen LogP contribution in [-0.4, -0.2) is 5.91 Å². The van der Waals surface area contributed by atoms with E-state index in [-0.39, 0.29) is 5.91 Å². The first-order chi connectivity index (χ1) is 8.15. The molecular formula is C15H14NO. The Kier molecular flexibility index (Phi) is 3.24. The van der Waals surface area contributed by atoms with Crippen LogP contribution in [0.5, 0.6) is 0 Å². The van der Waals surface area contributed by atoms with Crippen molar-refractivity contribution in [2.24, 2.45) is 0 Å². The predicted octanol–water partition coefficient (Wildman–Crippen LogP) is 3.43. The predicted molar refractivity (Wildman–Crippen MR) is 70.0 cm³/mol. The molecule has 0 aliphatic rings. The van der Waals surface area contributed by atoms with Crippen molar-refractivity contribution in [3.8, 4) is 0 Å². The maximum atomic E-state index is 11.9. The van der Waals surface area contributed by atoms with Crippen molar-refractivity contribution < 1.29 is 4.79 Å². The summed E-state index contributed by atoms with van der Waals surface area (Å²) >= 11 is 0. The summed E-state index contributed by atoms with van der Waals surface area (Å²) in [6.07, 6.45) is 0. The molecule has 0 spiro atoms. The molecule has 85 valence electrons. The molecule has 0 aliphatic heterocycles. The number of amides is 1. The second kappa shape index (κ2) is 4.83. The highest BCUT2D eigenvalue weighted by Gasteiger charge is 2.04. The molecule has 0 fully saturated rings. The minimum absolute atomic E-state index is 0.103. The third-order valence-electron chi connectivity index (χ3n) is 2.53. The van der Waals surface area contributed by atoms with Crippen molar-refractivity contribution in [3.63, 3.8) is 0 Å². The zero-order chi connectivity index (χ0) is 12.3. The lowest BCUT2D eigenvalue weighted by molar-refractivity contribution is 0.102. The summed E-state index contributed by atoms with van der Waals surface area (Å²) in [5, 5.41) is 2.85. The molecule has 0 aliphatic carbocycles. The van der Waals surface area contributed by atoms with Crippen LogP contribution in [0.15, 0.2) is 48.5 Å². The van der Waals surface area contributed by atoms with Gasteiger partial charge in [0.05, 0.1) is 0 Å². The number of carbonyl (C=O) groups is 1. The fourth-order valence-corrected chi connectivity index (χ4v) is 1.50. The van der Waals surface area contributed by atoms with Gasteiger partial charge in [-0.15, -0.1) is 0 Å². The molecule has 0 aromatic heterocycles. The molecule has 0 saturated heterocycles. The van der Waals surface area contributed by atoms with E-state index in [4.69, 9.17) is 0 Å². The van der Waals surface area contributed by atoms with Crippen molar-refractivity contribution in [2.75, 3.05) is 5.32 Å². The zero-order valence-corrected chi connectivity index (χ0v) is 9.73. The first kappa shape index (κ1) is 11.4. The lowest BCUT2D eigenvalue weighted by atomic mass is 10.1. The number of hydrogen-bond acceptors (Lipinski definition) is 1. The van der Waals surface area contributed by atoms with Gasteiger partial charge in [0.25, 0.3) is 5.91 Å². The Balaban J connectivity index is 2.11. The molecule has 1 radical (unpaired) electrons. The molecule has 0 heterocycles. The average Bonchev–Trinajstić information content (AvgIpc) is 2.33. The average molecular weight is 224 g/mol. The van der Waals surface area contributed by atoms with Crippen LogP contribution in [-0.2, 0) is 0 Å². The van der Waals surface area contributed by atoms with E-state index in [9.17, 15) is 4.79 Å². The third-order valence-corrected chi connectivity index (χ3v) is 2.53. The molecule has 0 bridgehead atoms. The van der Waals surface area contributed by atoms with Gasteiger partial charge in [-0.3, -0.25) is 4.79 Å². The number of hydrogen-bond donors (Lipinski definition) is 1. The van der Waals surface area contributed by atoms with Crippen molar-refractivity contribution in [1.82, 2.24) is 0 Å². The fraction of sp³-hybridized carbons (Fsp3) is 0.0667. The standard InChI is InChI=1S/C15H14NO/c1-11-3-7-13(8-4-11)15(17)16-14-9-5-12(2)6-10-14/h3-10H,1H2,2H3,(H,16,17). The number of nitrogens with one attached hydrogen (secondary N) is 1. The molecule has 2 nitrogen and oxygen atoms in total. The minimum atomic E-state index is -0.103. The lowest BCUT2D eigenvalue weighted by Crippen LogP contribution is -2.11. The molecule has 2 heteroatoms. The molecule has 1 amide bonds. The molecule has 2 rings (SSSR count). The molecule has 17 heavy (non-hydrogen) atoms. The molecule has 0 atom stereocenters. The number of aryl methyl sites for hydroxylation is 1. The summed E-state index contributed by atoms with van der Waals surface area (Å²) < 4.78 is 0. The van der Waals surface area contributed by atoms with Crippen LogP contribution in [0.4, 0.5) is 5.69 Å². The van der Waals surface area contributed by atoms with E-state index in [1.807, 2.05) is 43.3 Å². The van der Waals surface area contributed by atoms with E-state index in [0.717, 1.165) is 11.3 Å². The van der Waals surface area contributed by atoms with E-state index in [1.165, 1.54) is 5.56 Å². The normalized spacial score (nSPS) is 10.0. The largest absolute Gasteiger partial charge is 0.322 e. The van der Waals surface area contributed by atoms with Crippen LogP contribution in [0.25, 0.3) is 0 Å². The van der Waals surface area contributed by atoms with E-state index in [0.29, 0.717) is 5.56 Å². The van der Waals surface area contributed by atoms with Crippen LogP contribution < -0.4 is 5.32 Å². The summed E-state index contributed by atoms with van der Waals surface area (Å²) in [7, 11) is 0. The molecule has 2 aromatic rings. The molecule has 2 aromatic carbocycles. The minimum Gasteiger partial charge on any atom is -0.322 e. The topological polar surface area (TPSA) is 29.1 Å². The molecule has 0 saturated carbocycles. The Morgan fingerprint density at radius 3 is 2.18 bits per heavy atom. The van der Waals surface area contributed by atoms with E-state index < -0.39 is 0 Å². The van der Waals surface area contributed by atoms with Crippen LogP contribution in [0.2, 0.25) is 0 Å². The number of benzene rings is 2. The van der Waals surface area contributed by atoms with E-state index in [1.54, 1.807) is 12.1 Å². The monoisotopic (exact) mass is 224 g/mol. The Hall–Kier alpha value is -2.09. The van der Waals surface area contributed by atoms with Crippen LogP contribution in [0, 0.1) is 13.8 Å². The summed E-state index contributed by atoms with van der Waals surface area (Å²) in [5.41, 5.74) is 3.51. The fourth-order valence-electron chi connectivity index (χ4n) is 1.50. The van der Waals surface area contributed by atoms with Gasteiger partial charge in [0.15, 0.2) is 0 Å². The van der Waals surface area contributed by atoms with Gasteiger partial charge in [-0.25, -0.2) is 0 Å². The second-order valence-corrected chi connectivity index (χ2v) is 4.02. The highest BCUT2D eigenvalue weighted by atomic mass is 16.1. The molecule has 0 unspecified atom stereocenters. The maximum Gasteiger partial charge on any atom is 0.255 e. The first-order valence-electron chi connectivity index (χ1n) is 5.45. The van der Waals surface area contributed by atoms with Crippen LogP contribution in [0.1, 0.15) is 21.5 Å². The van der Waals surface area contributed by atoms with Crippen molar-refractivity contribution >= 4 is 11.6 Å². The second-order valence-electron chi connectivity index (χ2n) is 4.02. The van der Waals surface area contributed by atoms with Gasteiger partial charge in [-0.2, -0.15) is 0 Å². The third kappa shape index (κ3) is 2.94. The quantitative estimate of drug-likeness (QED) is 0.832. The Labute approximate surface area is 101 Å². The summed E-state index contributed by atoms with van der Waals surface area (Å²) in [4.78, 5) is 11.9. The zero-order valence-electron chi connectivity index (χ0n) is 9.73.